The van der Waals surface area contributed by atoms with Gasteiger partial charge in [-0.2, -0.15) is 0 Å². The van der Waals surface area contributed by atoms with Crippen molar-refractivity contribution in [2.45, 2.75) is 45.3 Å². The minimum absolute atomic E-state index is 0.0661. The van der Waals surface area contributed by atoms with Crippen LogP contribution >= 0.6 is 0 Å². The van der Waals surface area contributed by atoms with Crippen LogP contribution in [0.1, 0.15) is 41.8 Å². The van der Waals surface area contributed by atoms with Crippen molar-refractivity contribution < 1.29 is 19.1 Å². The number of hydrogen-bond acceptors (Lipinski definition) is 2. The normalized spacial score (nSPS) is 15.9. The number of carbonyl (C=O) groups is 2. The van der Waals surface area contributed by atoms with Crippen LogP contribution in [0.3, 0.4) is 0 Å². The van der Waals surface area contributed by atoms with Gasteiger partial charge in [-0.05, 0) is 61.1 Å². The van der Waals surface area contributed by atoms with Gasteiger partial charge < -0.3 is 14.6 Å². The van der Waals surface area contributed by atoms with Crippen LogP contribution < -0.4 is 0 Å². The number of fused-ring (bicyclic) bond motifs is 3. The topological polar surface area (TPSA) is 62.5 Å². The number of carbonyl (C=O) groups excluding carboxylic acids is 1. The zero-order valence-electron chi connectivity index (χ0n) is 20.2. The molecule has 5 rings (SSSR count). The molecule has 1 aromatic heterocycles. The Kier molecular flexibility index (Phi) is 6.59. The van der Waals surface area contributed by atoms with E-state index in [1.54, 1.807) is 10.6 Å². The van der Waals surface area contributed by atoms with Crippen molar-refractivity contribution in [2.75, 3.05) is 0 Å². The molecule has 0 radical (unpaired) electrons. The lowest BCUT2D eigenvalue weighted by molar-refractivity contribution is -0.139. The van der Waals surface area contributed by atoms with Gasteiger partial charge in [-0.1, -0.05) is 60.7 Å². The summed E-state index contributed by atoms with van der Waals surface area (Å²) in [5, 5.41) is 10.2. The molecule has 0 spiro atoms. The first-order chi connectivity index (χ1) is 17.4. The number of hydrogen-bond donors (Lipinski definition) is 1. The molecular formula is C30H29FN2O3. The third kappa shape index (κ3) is 4.63. The highest BCUT2D eigenvalue weighted by Crippen LogP contribution is 2.37. The molecule has 1 aliphatic rings. The van der Waals surface area contributed by atoms with Crippen molar-refractivity contribution in [3.05, 3.63) is 107 Å². The molecule has 2 atom stereocenters. The number of carboxylic acids is 1. The van der Waals surface area contributed by atoms with Crippen molar-refractivity contribution in [3.63, 3.8) is 0 Å². The van der Waals surface area contributed by atoms with E-state index in [-0.39, 0.29) is 30.2 Å². The predicted octanol–water partition coefficient (Wildman–Crippen LogP) is 5.76. The molecule has 0 bridgehead atoms. The van der Waals surface area contributed by atoms with Gasteiger partial charge in [0.25, 0.3) is 0 Å². The molecule has 0 saturated carbocycles. The van der Waals surface area contributed by atoms with Gasteiger partial charge in [-0.15, -0.1) is 0 Å². The average Bonchev–Trinajstić information content (AvgIpc) is 3.19. The summed E-state index contributed by atoms with van der Waals surface area (Å²) in [7, 11) is 0. The quantitative estimate of drug-likeness (QED) is 0.363. The van der Waals surface area contributed by atoms with Gasteiger partial charge in [0.1, 0.15) is 12.4 Å². The maximum atomic E-state index is 14.2. The largest absolute Gasteiger partial charge is 0.480 e. The molecule has 1 aliphatic carbocycles. The minimum Gasteiger partial charge on any atom is -0.480 e. The number of halogens is 1. The van der Waals surface area contributed by atoms with E-state index in [9.17, 15) is 19.1 Å². The fourth-order valence-electron chi connectivity index (χ4n) is 5.48. The van der Waals surface area contributed by atoms with Crippen LogP contribution in [0.5, 0.6) is 0 Å². The molecule has 6 heteroatoms. The summed E-state index contributed by atoms with van der Waals surface area (Å²) in [6.45, 7) is 2.37. The number of amides is 1. The van der Waals surface area contributed by atoms with Crippen LogP contribution in [0.4, 0.5) is 4.39 Å². The van der Waals surface area contributed by atoms with Crippen molar-refractivity contribution in [1.82, 2.24) is 9.47 Å². The average molecular weight is 485 g/mol. The van der Waals surface area contributed by atoms with Crippen molar-refractivity contribution in [1.29, 1.82) is 0 Å². The second kappa shape index (κ2) is 9.97. The van der Waals surface area contributed by atoms with E-state index in [2.05, 4.69) is 6.92 Å². The molecule has 1 amide bonds. The first-order valence-electron chi connectivity index (χ1n) is 12.3. The zero-order chi connectivity index (χ0) is 25.2. The van der Waals surface area contributed by atoms with Gasteiger partial charge in [0, 0.05) is 29.1 Å². The van der Waals surface area contributed by atoms with E-state index >= 15 is 0 Å². The lowest BCUT2D eigenvalue weighted by Gasteiger charge is -2.34. The molecule has 4 aromatic rings. The summed E-state index contributed by atoms with van der Waals surface area (Å²) in [6, 6.07) is 24.3. The summed E-state index contributed by atoms with van der Waals surface area (Å²) in [5.41, 5.74) is 4.62. The second-order valence-corrected chi connectivity index (χ2v) is 9.54. The van der Waals surface area contributed by atoms with E-state index in [4.69, 9.17) is 0 Å². The molecule has 184 valence electrons. The summed E-state index contributed by atoms with van der Waals surface area (Å²) < 4.78 is 16.0. The monoisotopic (exact) mass is 484 g/mol. The Morgan fingerprint density at radius 1 is 1.06 bits per heavy atom. The molecule has 0 saturated heterocycles. The zero-order valence-corrected chi connectivity index (χ0v) is 20.2. The van der Waals surface area contributed by atoms with E-state index in [0.717, 1.165) is 22.4 Å². The Bertz CT molecular complexity index is 1400. The third-order valence-electron chi connectivity index (χ3n) is 7.30. The number of carboxylic acid groups (broad SMARTS) is 1. The summed E-state index contributed by atoms with van der Waals surface area (Å²) in [4.78, 5) is 27.6. The molecule has 1 N–H and O–H groups in total. The first-order valence-corrected chi connectivity index (χ1v) is 12.3. The fraction of sp³-hybridized carbons (Fsp3) is 0.267. The third-order valence-corrected chi connectivity index (χ3v) is 7.30. The van der Waals surface area contributed by atoms with Crippen LogP contribution in [0.25, 0.3) is 10.9 Å². The maximum Gasteiger partial charge on any atom is 0.323 e. The van der Waals surface area contributed by atoms with E-state index < -0.39 is 5.97 Å². The number of rotatable bonds is 7. The van der Waals surface area contributed by atoms with Gasteiger partial charge in [-0.3, -0.25) is 9.59 Å². The minimum atomic E-state index is -0.942. The molecule has 5 nitrogen and oxygen atoms in total. The summed E-state index contributed by atoms with van der Waals surface area (Å²) >= 11 is 0. The smallest absolute Gasteiger partial charge is 0.323 e. The van der Waals surface area contributed by atoms with Crippen LogP contribution in [-0.2, 0) is 35.5 Å². The van der Waals surface area contributed by atoms with Gasteiger partial charge in [-0.25, -0.2) is 4.39 Å². The van der Waals surface area contributed by atoms with Crippen LogP contribution in [0, 0.1) is 11.7 Å². The first kappa shape index (κ1) is 23.8. The lowest BCUT2D eigenvalue weighted by Crippen LogP contribution is -2.39. The molecular weight excluding hydrogens is 455 g/mol. The molecule has 1 unspecified atom stereocenters. The highest BCUT2D eigenvalue weighted by atomic mass is 19.1. The number of aliphatic carboxylic acids is 1. The van der Waals surface area contributed by atoms with Crippen LogP contribution in [0.15, 0.2) is 78.9 Å². The Morgan fingerprint density at radius 2 is 1.75 bits per heavy atom. The Hall–Kier alpha value is -3.93. The molecule has 36 heavy (non-hydrogen) atoms. The number of aromatic nitrogens is 1. The SMILES string of the molecule is C[C@@H](c1ccccc1)N(Cc1ccccc1)C(=O)C1CCc2c(c3cc(F)ccc3n2CC(=O)O)C1. The van der Waals surface area contributed by atoms with Gasteiger partial charge >= 0.3 is 5.97 Å². The molecule has 3 aromatic carbocycles. The lowest BCUT2D eigenvalue weighted by atomic mass is 9.84. The van der Waals surface area contributed by atoms with Crippen molar-refractivity contribution in [3.8, 4) is 0 Å². The van der Waals surface area contributed by atoms with Crippen LogP contribution in [0.2, 0.25) is 0 Å². The van der Waals surface area contributed by atoms with Crippen molar-refractivity contribution >= 4 is 22.8 Å². The van der Waals surface area contributed by atoms with Crippen molar-refractivity contribution in [2.24, 2.45) is 5.92 Å². The maximum absolute atomic E-state index is 14.2. The van der Waals surface area contributed by atoms with Gasteiger partial charge in [0.05, 0.1) is 6.04 Å². The molecule has 0 fully saturated rings. The Labute approximate surface area is 209 Å². The second-order valence-electron chi connectivity index (χ2n) is 9.54. The summed E-state index contributed by atoms with van der Waals surface area (Å²) in [6.07, 6.45) is 1.67. The predicted molar refractivity (Wildman–Crippen MR) is 137 cm³/mol. The number of benzene rings is 3. The molecule has 0 aliphatic heterocycles. The number of nitrogens with zero attached hydrogens (tertiary/aromatic N) is 2. The van der Waals surface area contributed by atoms with E-state index in [0.29, 0.717) is 36.7 Å². The highest BCUT2D eigenvalue weighted by molar-refractivity contribution is 5.89. The fourth-order valence-corrected chi connectivity index (χ4v) is 5.48. The van der Waals surface area contributed by atoms with Gasteiger partial charge in [0.15, 0.2) is 0 Å². The van der Waals surface area contributed by atoms with E-state index in [1.807, 2.05) is 65.6 Å². The summed E-state index contributed by atoms with van der Waals surface area (Å²) in [5.74, 6) is -1.51. The van der Waals surface area contributed by atoms with Crippen LogP contribution in [-0.4, -0.2) is 26.5 Å². The highest BCUT2D eigenvalue weighted by Gasteiger charge is 2.34. The van der Waals surface area contributed by atoms with E-state index in [1.165, 1.54) is 12.1 Å². The Morgan fingerprint density at radius 3 is 2.44 bits per heavy atom. The van der Waals surface area contributed by atoms with Gasteiger partial charge in [0.2, 0.25) is 5.91 Å². The Balaban J connectivity index is 1.50. The molecule has 1 heterocycles. The standard InChI is InChI=1S/C30H29FN2O3/c1-20(22-10-6-3-7-11-22)32(18-21-8-4-2-5-9-21)30(36)23-12-14-27-25(16-23)26-17-24(31)13-15-28(26)33(27)19-29(34)35/h2-11,13,15,17,20,23H,12,14,16,18-19H2,1H3,(H,34,35)/t20-,23?/m0/s1.